The van der Waals surface area contributed by atoms with E-state index in [2.05, 4.69) is 17.0 Å². The topological polar surface area (TPSA) is 60.2 Å². The van der Waals surface area contributed by atoms with Crippen LogP contribution in [0.25, 0.3) is 0 Å². The van der Waals surface area contributed by atoms with Crippen LogP contribution in [0.1, 0.15) is 30.4 Å². The maximum absolute atomic E-state index is 12.2. The van der Waals surface area contributed by atoms with E-state index in [4.69, 9.17) is 4.74 Å². The van der Waals surface area contributed by atoms with Gasteiger partial charge in [0.25, 0.3) is 5.91 Å². The predicted molar refractivity (Wildman–Crippen MR) is 64.0 cm³/mol. The van der Waals surface area contributed by atoms with Crippen molar-refractivity contribution < 1.29 is 9.53 Å². The summed E-state index contributed by atoms with van der Waals surface area (Å²) in [5.41, 5.74) is 0. The molecule has 2 saturated heterocycles. The van der Waals surface area contributed by atoms with Gasteiger partial charge < -0.3 is 9.64 Å². The van der Waals surface area contributed by atoms with Crippen molar-refractivity contribution in [2.75, 3.05) is 13.1 Å². The van der Waals surface area contributed by atoms with Crippen LogP contribution in [-0.4, -0.2) is 50.9 Å². The first-order valence-corrected chi connectivity index (χ1v) is 6.44. The molecule has 3 rings (SSSR count). The number of carbonyl (C=O) groups is 1. The van der Waals surface area contributed by atoms with Gasteiger partial charge in [-0.05, 0) is 19.8 Å². The first kappa shape index (κ1) is 11.6. The summed E-state index contributed by atoms with van der Waals surface area (Å²) in [5, 5.41) is 4.07. The molecule has 0 unspecified atom stereocenters. The molecule has 6 heteroatoms. The molecule has 98 valence electrons. The first-order valence-electron chi connectivity index (χ1n) is 6.44. The van der Waals surface area contributed by atoms with Crippen LogP contribution in [-0.2, 0) is 11.8 Å². The van der Waals surface area contributed by atoms with Crippen LogP contribution >= 0.6 is 0 Å². The third-order valence-electron chi connectivity index (χ3n) is 3.78. The summed E-state index contributed by atoms with van der Waals surface area (Å²) in [7, 11) is 1.77. The number of aromatic nitrogens is 3. The van der Waals surface area contributed by atoms with Gasteiger partial charge in [0.1, 0.15) is 6.33 Å². The van der Waals surface area contributed by atoms with Crippen LogP contribution in [0.2, 0.25) is 0 Å². The highest BCUT2D eigenvalue weighted by atomic mass is 16.5. The molecule has 2 aliphatic rings. The molecule has 0 saturated carbocycles. The van der Waals surface area contributed by atoms with E-state index < -0.39 is 0 Å². The van der Waals surface area contributed by atoms with Crippen molar-refractivity contribution in [2.45, 2.75) is 32.0 Å². The predicted octanol–water partition coefficient (Wildman–Crippen LogP) is 0.455. The molecule has 1 aromatic heterocycles. The van der Waals surface area contributed by atoms with E-state index in [-0.39, 0.29) is 5.91 Å². The molecule has 18 heavy (non-hydrogen) atoms. The minimum Gasteiger partial charge on any atom is -0.375 e. The molecule has 2 fully saturated rings. The number of hydrogen-bond donors (Lipinski definition) is 0. The molecule has 3 atom stereocenters. The maximum Gasteiger partial charge on any atom is 0.293 e. The molecule has 0 bridgehead atoms. The zero-order valence-corrected chi connectivity index (χ0v) is 10.7. The van der Waals surface area contributed by atoms with E-state index in [1.807, 2.05) is 4.90 Å². The summed E-state index contributed by atoms with van der Waals surface area (Å²) in [6.45, 7) is 3.61. The standard InChI is InChI=1S/C12H18N4O2/c1-8-5-9-6-16(4-3-10(9)18-8)12(17)11-13-7-15(2)14-11/h7-10H,3-6H2,1-2H3/t8-,9-,10-/m0/s1. The SMILES string of the molecule is C[C@H]1C[C@H]2CN(C(=O)c3ncn(C)n3)CC[C@@H]2O1. The average molecular weight is 250 g/mol. The molecule has 0 aliphatic carbocycles. The summed E-state index contributed by atoms with van der Waals surface area (Å²) in [6, 6.07) is 0. The Morgan fingerprint density at radius 3 is 3.11 bits per heavy atom. The average Bonchev–Trinajstić information content (AvgIpc) is 2.92. The van der Waals surface area contributed by atoms with Gasteiger partial charge in [0, 0.05) is 26.1 Å². The van der Waals surface area contributed by atoms with Gasteiger partial charge in [0.05, 0.1) is 12.2 Å². The number of amides is 1. The fraction of sp³-hybridized carbons (Fsp3) is 0.750. The molecule has 0 N–H and O–H groups in total. The van der Waals surface area contributed by atoms with Crippen LogP contribution in [0.15, 0.2) is 6.33 Å². The summed E-state index contributed by atoms with van der Waals surface area (Å²) >= 11 is 0. The van der Waals surface area contributed by atoms with Crippen LogP contribution in [0.4, 0.5) is 0 Å². The van der Waals surface area contributed by atoms with Gasteiger partial charge >= 0.3 is 0 Å². The Morgan fingerprint density at radius 2 is 2.39 bits per heavy atom. The normalized spacial score (nSPS) is 31.4. The minimum atomic E-state index is -0.0615. The molecule has 0 spiro atoms. The van der Waals surface area contributed by atoms with E-state index in [0.29, 0.717) is 24.0 Å². The molecule has 1 amide bonds. The van der Waals surface area contributed by atoms with Gasteiger partial charge in [-0.1, -0.05) is 0 Å². The highest BCUT2D eigenvalue weighted by molar-refractivity contribution is 5.90. The first-order chi connectivity index (χ1) is 8.63. The largest absolute Gasteiger partial charge is 0.375 e. The van der Waals surface area contributed by atoms with Crippen LogP contribution in [0, 0.1) is 5.92 Å². The summed E-state index contributed by atoms with van der Waals surface area (Å²) in [6.07, 6.45) is 4.18. The van der Waals surface area contributed by atoms with E-state index in [0.717, 1.165) is 25.9 Å². The Hall–Kier alpha value is -1.43. The van der Waals surface area contributed by atoms with E-state index in [9.17, 15) is 4.79 Å². The van der Waals surface area contributed by atoms with Gasteiger partial charge in [0.15, 0.2) is 0 Å². The third-order valence-corrected chi connectivity index (χ3v) is 3.78. The molecule has 2 aliphatic heterocycles. The van der Waals surface area contributed by atoms with Crippen molar-refractivity contribution in [1.29, 1.82) is 0 Å². The lowest BCUT2D eigenvalue weighted by Crippen LogP contribution is -2.44. The molecule has 3 heterocycles. The lowest BCUT2D eigenvalue weighted by molar-refractivity contribution is 0.00832. The van der Waals surface area contributed by atoms with Crippen molar-refractivity contribution in [2.24, 2.45) is 13.0 Å². The number of hydrogen-bond acceptors (Lipinski definition) is 4. The molecule has 1 aromatic rings. The zero-order valence-electron chi connectivity index (χ0n) is 10.7. The Morgan fingerprint density at radius 1 is 1.56 bits per heavy atom. The van der Waals surface area contributed by atoms with Crippen molar-refractivity contribution in [1.82, 2.24) is 19.7 Å². The number of nitrogens with zero attached hydrogens (tertiary/aromatic N) is 4. The number of likely N-dealkylation sites (tertiary alicyclic amines) is 1. The lowest BCUT2D eigenvalue weighted by atomic mass is 9.93. The Labute approximate surface area is 106 Å². The van der Waals surface area contributed by atoms with Crippen molar-refractivity contribution in [3.8, 4) is 0 Å². The second-order valence-corrected chi connectivity index (χ2v) is 5.26. The monoisotopic (exact) mass is 250 g/mol. The van der Waals surface area contributed by atoms with Gasteiger partial charge in [-0.15, -0.1) is 5.10 Å². The third kappa shape index (κ3) is 2.01. The molecule has 0 aromatic carbocycles. The van der Waals surface area contributed by atoms with Gasteiger partial charge in [-0.2, -0.15) is 0 Å². The fourth-order valence-electron chi connectivity index (χ4n) is 2.96. The van der Waals surface area contributed by atoms with Crippen LogP contribution in [0.3, 0.4) is 0 Å². The summed E-state index contributed by atoms with van der Waals surface area (Å²) < 4.78 is 7.39. The van der Waals surface area contributed by atoms with E-state index in [1.165, 1.54) is 0 Å². The summed E-state index contributed by atoms with van der Waals surface area (Å²) in [5.74, 6) is 0.706. The number of rotatable bonds is 1. The molecule has 6 nitrogen and oxygen atoms in total. The summed E-state index contributed by atoms with van der Waals surface area (Å²) in [4.78, 5) is 18.1. The second kappa shape index (κ2) is 4.35. The Kier molecular flexibility index (Phi) is 2.81. The van der Waals surface area contributed by atoms with Crippen molar-refractivity contribution in [3.63, 3.8) is 0 Å². The number of aryl methyl sites for hydroxylation is 1. The van der Waals surface area contributed by atoms with E-state index >= 15 is 0 Å². The highest BCUT2D eigenvalue weighted by Gasteiger charge is 2.39. The lowest BCUT2D eigenvalue weighted by Gasteiger charge is -2.33. The van der Waals surface area contributed by atoms with Crippen LogP contribution < -0.4 is 0 Å². The number of fused-ring (bicyclic) bond motifs is 1. The highest BCUT2D eigenvalue weighted by Crippen LogP contribution is 2.32. The smallest absolute Gasteiger partial charge is 0.293 e. The van der Waals surface area contributed by atoms with Gasteiger partial charge in [0.2, 0.25) is 5.82 Å². The molecular formula is C12H18N4O2. The second-order valence-electron chi connectivity index (χ2n) is 5.26. The van der Waals surface area contributed by atoms with Crippen molar-refractivity contribution >= 4 is 5.91 Å². The Balaban J connectivity index is 1.69. The van der Waals surface area contributed by atoms with Crippen LogP contribution in [0.5, 0.6) is 0 Å². The number of carbonyl (C=O) groups excluding carboxylic acids is 1. The fourth-order valence-corrected chi connectivity index (χ4v) is 2.96. The van der Waals surface area contributed by atoms with E-state index in [1.54, 1.807) is 18.1 Å². The number of ether oxygens (including phenoxy) is 1. The van der Waals surface area contributed by atoms with Gasteiger partial charge in [-0.25, -0.2) is 4.98 Å². The maximum atomic E-state index is 12.2. The number of piperidine rings is 1. The van der Waals surface area contributed by atoms with Gasteiger partial charge in [-0.3, -0.25) is 9.48 Å². The Bertz CT molecular complexity index is 459. The molecular weight excluding hydrogens is 232 g/mol. The van der Waals surface area contributed by atoms with Crippen molar-refractivity contribution in [3.05, 3.63) is 12.2 Å². The quantitative estimate of drug-likeness (QED) is 0.726. The molecule has 0 radical (unpaired) electrons. The minimum absolute atomic E-state index is 0.0615. The zero-order chi connectivity index (χ0) is 12.7.